The van der Waals surface area contributed by atoms with E-state index in [0.29, 0.717) is 21.5 Å². The van der Waals surface area contributed by atoms with E-state index in [9.17, 15) is 4.79 Å². The van der Waals surface area contributed by atoms with Gasteiger partial charge in [0.15, 0.2) is 0 Å². The third-order valence-corrected chi connectivity index (χ3v) is 5.72. The van der Waals surface area contributed by atoms with Gasteiger partial charge in [-0.15, -0.1) is 0 Å². The second-order valence-corrected chi connectivity index (χ2v) is 7.99. The number of anilines is 1. The monoisotopic (exact) mass is 374 g/mol. The van der Waals surface area contributed by atoms with Gasteiger partial charge in [-0.25, -0.2) is 0 Å². The minimum Gasteiger partial charge on any atom is -0.306 e. The van der Waals surface area contributed by atoms with Gasteiger partial charge in [0.25, 0.3) is 5.91 Å². The van der Waals surface area contributed by atoms with Gasteiger partial charge >= 0.3 is 0 Å². The number of halogens is 2. The number of nitrogens with zero attached hydrogens (tertiary/aromatic N) is 2. The summed E-state index contributed by atoms with van der Waals surface area (Å²) in [6, 6.07) is 11.6. The van der Waals surface area contributed by atoms with E-state index in [4.69, 9.17) is 23.2 Å². The van der Waals surface area contributed by atoms with Crippen molar-refractivity contribution in [2.24, 2.45) is 0 Å². The van der Waals surface area contributed by atoms with E-state index in [1.54, 1.807) is 18.2 Å². The highest BCUT2D eigenvalue weighted by Crippen LogP contribution is 2.45. The third-order valence-electron chi connectivity index (χ3n) is 5.28. The molecule has 1 saturated heterocycles. The minimum absolute atomic E-state index is 0.0217. The molecule has 4 rings (SSSR count). The number of hydrogen-bond donors (Lipinski definition) is 0. The van der Waals surface area contributed by atoms with Gasteiger partial charge in [-0.2, -0.15) is 0 Å². The first-order valence-corrected chi connectivity index (χ1v) is 9.28. The van der Waals surface area contributed by atoms with Crippen molar-refractivity contribution in [3.8, 4) is 0 Å². The van der Waals surface area contributed by atoms with Crippen LogP contribution in [0.4, 0.5) is 5.69 Å². The molecule has 2 heterocycles. The summed E-state index contributed by atoms with van der Waals surface area (Å²) in [5.74, 6) is 0.332. The minimum atomic E-state index is -0.0217. The molecule has 1 fully saturated rings. The van der Waals surface area contributed by atoms with Crippen LogP contribution in [0.5, 0.6) is 0 Å². The Hall–Kier alpha value is -1.55. The van der Waals surface area contributed by atoms with Crippen molar-refractivity contribution < 1.29 is 4.79 Å². The maximum atomic E-state index is 13.3. The molecule has 2 aromatic carbocycles. The maximum Gasteiger partial charge on any atom is 0.258 e. The zero-order valence-electron chi connectivity index (χ0n) is 14.3. The lowest BCUT2D eigenvalue weighted by molar-refractivity contribution is 0.0964. The van der Waals surface area contributed by atoms with E-state index in [1.165, 1.54) is 11.1 Å². The number of likely N-dealkylation sites (N-methyl/N-ethyl adjacent to an activating group) is 1. The van der Waals surface area contributed by atoms with Crippen LogP contribution in [-0.2, 0) is 0 Å². The van der Waals surface area contributed by atoms with Gasteiger partial charge in [-0.3, -0.25) is 4.79 Å². The molecule has 2 aliphatic rings. The molecule has 3 nitrogen and oxygen atoms in total. The van der Waals surface area contributed by atoms with Gasteiger partial charge in [0.1, 0.15) is 0 Å². The fourth-order valence-corrected chi connectivity index (χ4v) is 4.69. The first-order valence-electron chi connectivity index (χ1n) is 8.53. The second kappa shape index (κ2) is 6.31. The standard InChI is InChI=1S/C20H20Cl2N2O/c1-12-3-4-18-16(7-12)17-11-23(2)6-5-19(17)24(18)20(25)13-8-14(21)10-15(22)9-13/h3-4,7-10,17,19H,5-6,11H2,1-2H3/t17-,19+/m0/s1. The lowest BCUT2D eigenvalue weighted by Gasteiger charge is -2.36. The second-order valence-electron chi connectivity index (χ2n) is 7.12. The van der Waals surface area contributed by atoms with E-state index in [0.717, 1.165) is 25.2 Å². The van der Waals surface area contributed by atoms with Crippen molar-refractivity contribution in [1.29, 1.82) is 0 Å². The SMILES string of the molecule is Cc1ccc2c(c1)[C@@H]1CN(C)CC[C@H]1N2C(=O)c1cc(Cl)cc(Cl)c1. The number of likely N-dealkylation sites (tertiary alicyclic amines) is 1. The van der Waals surface area contributed by atoms with Crippen LogP contribution in [-0.4, -0.2) is 37.0 Å². The van der Waals surface area contributed by atoms with E-state index in [-0.39, 0.29) is 11.9 Å². The van der Waals surface area contributed by atoms with Crippen LogP contribution in [0.25, 0.3) is 0 Å². The Morgan fingerprint density at radius 2 is 1.84 bits per heavy atom. The molecule has 25 heavy (non-hydrogen) atoms. The summed E-state index contributed by atoms with van der Waals surface area (Å²) in [6.07, 6.45) is 0.967. The number of aryl methyl sites for hydroxylation is 1. The molecule has 0 unspecified atom stereocenters. The molecule has 0 bridgehead atoms. The van der Waals surface area contributed by atoms with Crippen molar-refractivity contribution in [3.63, 3.8) is 0 Å². The first-order chi connectivity index (χ1) is 11.9. The van der Waals surface area contributed by atoms with Crippen LogP contribution in [0, 0.1) is 6.92 Å². The molecule has 0 aliphatic carbocycles. The van der Waals surface area contributed by atoms with Crippen LogP contribution in [0.15, 0.2) is 36.4 Å². The first kappa shape index (κ1) is 16.9. The molecule has 2 atom stereocenters. The van der Waals surface area contributed by atoms with Crippen molar-refractivity contribution in [2.45, 2.75) is 25.3 Å². The van der Waals surface area contributed by atoms with E-state index >= 15 is 0 Å². The average Bonchev–Trinajstić information content (AvgIpc) is 2.86. The Bertz CT molecular complexity index is 831. The molecular weight excluding hydrogens is 355 g/mol. The number of rotatable bonds is 1. The van der Waals surface area contributed by atoms with Gasteiger partial charge in [0.05, 0.1) is 0 Å². The highest BCUT2D eigenvalue weighted by Gasteiger charge is 2.44. The third kappa shape index (κ3) is 2.95. The molecule has 0 radical (unpaired) electrons. The number of carbonyl (C=O) groups excluding carboxylic acids is 1. The number of benzene rings is 2. The smallest absolute Gasteiger partial charge is 0.258 e. The molecule has 0 spiro atoms. The zero-order chi connectivity index (χ0) is 17.7. The molecule has 0 aromatic heterocycles. The maximum absolute atomic E-state index is 13.3. The highest BCUT2D eigenvalue weighted by molar-refractivity contribution is 6.35. The quantitative estimate of drug-likeness (QED) is 0.718. The topological polar surface area (TPSA) is 23.6 Å². The fraction of sp³-hybridized carbons (Fsp3) is 0.350. The summed E-state index contributed by atoms with van der Waals surface area (Å²) in [5, 5.41) is 0.971. The van der Waals surface area contributed by atoms with Crippen LogP contribution in [0.2, 0.25) is 10.0 Å². The molecular formula is C20H20Cl2N2O. The van der Waals surface area contributed by atoms with Gasteiger partial charge < -0.3 is 9.80 Å². The van der Waals surface area contributed by atoms with Gasteiger partial charge in [0.2, 0.25) is 0 Å². The normalized spacial score (nSPS) is 22.6. The van der Waals surface area contributed by atoms with Crippen molar-refractivity contribution in [3.05, 3.63) is 63.1 Å². The molecule has 130 valence electrons. The van der Waals surface area contributed by atoms with Crippen molar-refractivity contribution in [1.82, 2.24) is 4.90 Å². The van der Waals surface area contributed by atoms with Crippen LogP contribution < -0.4 is 4.90 Å². The molecule has 0 saturated carbocycles. The zero-order valence-corrected chi connectivity index (χ0v) is 15.8. The predicted octanol–water partition coefficient (Wildman–Crippen LogP) is 4.75. The van der Waals surface area contributed by atoms with Gasteiger partial charge in [-0.05, 0) is 56.8 Å². The number of piperidine rings is 1. The number of hydrogen-bond acceptors (Lipinski definition) is 2. The van der Waals surface area contributed by atoms with E-state index < -0.39 is 0 Å². The Labute approximate surface area is 158 Å². The van der Waals surface area contributed by atoms with Crippen molar-refractivity contribution >= 4 is 34.8 Å². The molecule has 2 aliphatic heterocycles. The summed E-state index contributed by atoms with van der Waals surface area (Å²) in [5.41, 5.74) is 4.07. The van der Waals surface area contributed by atoms with E-state index in [2.05, 4.69) is 37.1 Å². The Kier molecular flexibility index (Phi) is 4.27. The van der Waals surface area contributed by atoms with Gasteiger partial charge in [0, 0.05) is 39.8 Å². The van der Waals surface area contributed by atoms with Crippen molar-refractivity contribution in [2.75, 3.05) is 25.0 Å². The summed E-state index contributed by atoms with van der Waals surface area (Å²) in [7, 11) is 2.15. The summed E-state index contributed by atoms with van der Waals surface area (Å²) >= 11 is 12.2. The van der Waals surface area contributed by atoms with Crippen LogP contribution in [0.3, 0.4) is 0 Å². The largest absolute Gasteiger partial charge is 0.306 e. The number of amides is 1. The Morgan fingerprint density at radius 3 is 2.56 bits per heavy atom. The van der Waals surface area contributed by atoms with E-state index in [1.807, 2.05) is 4.90 Å². The summed E-state index contributed by atoms with van der Waals surface area (Å²) in [4.78, 5) is 17.6. The highest BCUT2D eigenvalue weighted by atomic mass is 35.5. The molecule has 0 N–H and O–H groups in total. The molecule has 1 amide bonds. The molecule has 5 heteroatoms. The lowest BCUT2D eigenvalue weighted by Crippen LogP contribution is -2.47. The fourth-order valence-electron chi connectivity index (χ4n) is 4.16. The van der Waals surface area contributed by atoms with Crippen LogP contribution >= 0.6 is 23.2 Å². The van der Waals surface area contributed by atoms with Gasteiger partial charge in [-0.1, -0.05) is 40.9 Å². The van der Waals surface area contributed by atoms with Crippen LogP contribution in [0.1, 0.15) is 33.8 Å². The Morgan fingerprint density at radius 1 is 1.12 bits per heavy atom. The average molecular weight is 375 g/mol. The summed E-state index contributed by atoms with van der Waals surface area (Å²) < 4.78 is 0. The summed E-state index contributed by atoms with van der Waals surface area (Å²) in [6.45, 7) is 4.07. The predicted molar refractivity (Wildman–Crippen MR) is 103 cm³/mol. The lowest BCUT2D eigenvalue weighted by atomic mass is 9.88. The molecule has 2 aromatic rings. The number of fused-ring (bicyclic) bond motifs is 3. The number of carbonyl (C=O) groups is 1. The Balaban J connectivity index is 1.79.